The Morgan fingerprint density at radius 3 is 2.61 bits per heavy atom. The predicted molar refractivity (Wildman–Crippen MR) is 92.1 cm³/mol. The zero-order valence-corrected chi connectivity index (χ0v) is 14.8. The van der Waals surface area contributed by atoms with Gasteiger partial charge >= 0.3 is 0 Å². The molecule has 0 unspecified atom stereocenters. The molecule has 3 nitrogen and oxygen atoms in total. The van der Waals surface area contributed by atoms with E-state index in [1.165, 1.54) is 17.5 Å². The fourth-order valence-electron chi connectivity index (χ4n) is 4.53. The molecule has 1 aliphatic carbocycles. The summed E-state index contributed by atoms with van der Waals surface area (Å²) in [6.07, 6.45) is 4.64. The minimum absolute atomic E-state index is 0.0643. The summed E-state index contributed by atoms with van der Waals surface area (Å²) >= 11 is 0. The summed E-state index contributed by atoms with van der Waals surface area (Å²) in [5, 5.41) is 3.26. The van der Waals surface area contributed by atoms with Gasteiger partial charge in [-0.25, -0.2) is 0 Å². The molecule has 1 aliphatic heterocycles. The third-order valence-electron chi connectivity index (χ3n) is 5.73. The van der Waals surface area contributed by atoms with Crippen molar-refractivity contribution in [3.05, 3.63) is 35.4 Å². The number of aryl methyl sites for hydroxylation is 1. The maximum atomic E-state index is 11.8. The van der Waals surface area contributed by atoms with Crippen LogP contribution >= 0.6 is 0 Å². The van der Waals surface area contributed by atoms with E-state index in [1.807, 2.05) is 0 Å². The number of carbonyl (C=O) groups is 1. The van der Waals surface area contributed by atoms with Crippen molar-refractivity contribution >= 4 is 5.91 Å². The third kappa shape index (κ3) is 3.45. The third-order valence-corrected chi connectivity index (χ3v) is 5.73. The van der Waals surface area contributed by atoms with Gasteiger partial charge in [-0.1, -0.05) is 43.2 Å². The lowest BCUT2D eigenvalue weighted by atomic mass is 9.66. The number of carbonyl (C=O) groups excluding carboxylic acids is 1. The number of fused-ring (bicyclic) bond motifs is 1. The van der Waals surface area contributed by atoms with E-state index in [1.54, 1.807) is 6.92 Å². The zero-order valence-electron chi connectivity index (χ0n) is 14.8. The van der Waals surface area contributed by atoms with Gasteiger partial charge in [0.05, 0.1) is 12.2 Å². The second kappa shape index (κ2) is 6.27. The quantitative estimate of drug-likeness (QED) is 0.890. The molecule has 0 bridgehead atoms. The van der Waals surface area contributed by atoms with Crippen molar-refractivity contribution in [1.82, 2.24) is 5.32 Å². The molecule has 1 aromatic carbocycles. The Balaban J connectivity index is 1.88. The highest BCUT2D eigenvalue weighted by Gasteiger charge is 2.49. The number of rotatable bonds is 2. The van der Waals surface area contributed by atoms with Crippen molar-refractivity contribution in [2.45, 2.75) is 71.1 Å². The van der Waals surface area contributed by atoms with Gasteiger partial charge in [0, 0.05) is 24.8 Å². The van der Waals surface area contributed by atoms with Crippen molar-refractivity contribution in [1.29, 1.82) is 0 Å². The van der Waals surface area contributed by atoms with Gasteiger partial charge < -0.3 is 10.1 Å². The maximum absolute atomic E-state index is 11.8. The Kier molecular flexibility index (Phi) is 4.50. The second-order valence-corrected chi connectivity index (χ2v) is 7.90. The first kappa shape index (κ1) is 16.5. The summed E-state index contributed by atoms with van der Waals surface area (Å²) in [6, 6.07) is 8.62. The first-order valence-corrected chi connectivity index (χ1v) is 8.88. The number of benzene rings is 1. The fraction of sp³-hybridized carbons (Fsp3) is 0.650. The monoisotopic (exact) mass is 315 g/mol. The lowest BCUT2D eigenvalue weighted by Gasteiger charge is -2.52. The van der Waals surface area contributed by atoms with Gasteiger partial charge in [0.2, 0.25) is 5.91 Å². The molecule has 5 atom stereocenters. The van der Waals surface area contributed by atoms with Crippen LogP contribution in [0.4, 0.5) is 0 Å². The molecular weight excluding hydrogens is 286 g/mol. The number of nitrogens with one attached hydrogen (secondary N) is 1. The molecule has 3 rings (SSSR count). The van der Waals surface area contributed by atoms with Crippen molar-refractivity contribution in [2.24, 2.45) is 11.8 Å². The van der Waals surface area contributed by atoms with E-state index in [2.05, 4.69) is 50.4 Å². The van der Waals surface area contributed by atoms with Gasteiger partial charge in [-0.3, -0.25) is 4.79 Å². The molecule has 126 valence electrons. The number of amides is 1. The second-order valence-electron chi connectivity index (χ2n) is 7.90. The van der Waals surface area contributed by atoms with Crippen molar-refractivity contribution in [3.8, 4) is 0 Å². The van der Waals surface area contributed by atoms with Crippen LogP contribution in [0.15, 0.2) is 24.3 Å². The van der Waals surface area contributed by atoms with E-state index in [0.29, 0.717) is 11.8 Å². The van der Waals surface area contributed by atoms with Crippen LogP contribution < -0.4 is 5.32 Å². The van der Waals surface area contributed by atoms with Crippen LogP contribution in [0.3, 0.4) is 0 Å². The van der Waals surface area contributed by atoms with Gasteiger partial charge in [-0.15, -0.1) is 0 Å². The van der Waals surface area contributed by atoms with E-state index in [0.717, 1.165) is 19.3 Å². The van der Waals surface area contributed by atoms with Crippen LogP contribution in [-0.2, 0) is 9.53 Å². The fourth-order valence-corrected chi connectivity index (χ4v) is 4.53. The SMILES string of the molecule is CC(=O)N[C@@]1(C)C[C@H](c2ccc(C)cc2)O[C@@H]2C[C@H](C)CC[C@H]21. The first-order chi connectivity index (χ1) is 10.9. The largest absolute Gasteiger partial charge is 0.370 e. The van der Waals surface area contributed by atoms with Crippen molar-refractivity contribution in [2.75, 3.05) is 0 Å². The number of ether oxygens (including phenoxy) is 1. The first-order valence-electron chi connectivity index (χ1n) is 8.88. The van der Waals surface area contributed by atoms with Crippen LogP contribution in [0.25, 0.3) is 0 Å². The Morgan fingerprint density at radius 1 is 1.26 bits per heavy atom. The van der Waals surface area contributed by atoms with Gasteiger partial charge in [0.15, 0.2) is 0 Å². The van der Waals surface area contributed by atoms with Crippen LogP contribution in [0.5, 0.6) is 0 Å². The van der Waals surface area contributed by atoms with Crippen LogP contribution in [0, 0.1) is 18.8 Å². The molecule has 1 amide bonds. The summed E-state index contributed by atoms with van der Waals surface area (Å²) in [5.41, 5.74) is 2.31. The Morgan fingerprint density at radius 2 is 1.96 bits per heavy atom. The molecule has 2 fully saturated rings. The van der Waals surface area contributed by atoms with Gasteiger partial charge in [-0.2, -0.15) is 0 Å². The van der Waals surface area contributed by atoms with Gasteiger partial charge in [0.1, 0.15) is 0 Å². The van der Waals surface area contributed by atoms with E-state index >= 15 is 0 Å². The topological polar surface area (TPSA) is 38.3 Å². The predicted octanol–water partition coefficient (Wildman–Crippen LogP) is 4.16. The van der Waals surface area contributed by atoms with Gasteiger partial charge in [-0.05, 0) is 38.2 Å². The summed E-state index contributed by atoms with van der Waals surface area (Å²) in [7, 11) is 0. The van der Waals surface area contributed by atoms with E-state index < -0.39 is 0 Å². The molecule has 1 N–H and O–H groups in total. The molecular formula is C20H29NO2. The summed E-state index contributed by atoms with van der Waals surface area (Å²) in [5.74, 6) is 1.19. The minimum atomic E-state index is -0.176. The molecule has 23 heavy (non-hydrogen) atoms. The summed E-state index contributed by atoms with van der Waals surface area (Å²) in [4.78, 5) is 11.8. The minimum Gasteiger partial charge on any atom is -0.370 e. The highest BCUT2D eigenvalue weighted by Crippen LogP contribution is 2.47. The van der Waals surface area contributed by atoms with Crippen molar-refractivity contribution in [3.63, 3.8) is 0 Å². The summed E-state index contributed by atoms with van der Waals surface area (Å²) < 4.78 is 6.51. The molecule has 0 radical (unpaired) electrons. The standard InChI is InChI=1S/C20H29NO2/c1-13-5-8-16(9-6-13)19-12-20(4,21-15(3)22)17-10-7-14(2)11-18(17)23-19/h5-6,8-9,14,17-19H,7,10-12H2,1-4H3,(H,21,22)/t14-,17-,18-,19-,20+/m1/s1. The molecule has 0 spiro atoms. The number of hydrogen-bond acceptors (Lipinski definition) is 2. The Labute approximate surface area is 139 Å². The van der Waals surface area contributed by atoms with Crippen LogP contribution in [0.2, 0.25) is 0 Å². The molecule has 3 heteroatoms. The molecule has 1 heterocycles. The molecule has 1 aromatic rings. The highest BCUT2D eigenvalue weighted by atomic mass is 16.5. The van der Waals surface area contributed by atoms with E-state index in [9.17, 15) is 4.79 Å². The average molecular weight is 315 g/mol. The molecule has 0 aromatic heterocycles. The Hall–Kier alpha value is -1.35. The van der Waals surface area contributed by atoms with Crippen LogP contribution in [-0.4, -0.2) is 17.6 Å². The maximum Gasteiger partial charge on any atom is 0.217 e. The molecule has 2 aliphatic rings. The molecule has 1 saturated heterocycles. The zero-order chi connectivity index (χ0) is 16.6. The van der Waals surface area contributed by atoms with Crippen molar-refractivity contribution < 1.29 is 9.53 Å². The smallest absolute Gasteiger partial charge is 0.217 e. The molecule has 1 saturated carbocycles. The van der Waals surface area contributed by atoms with Gasteiger partial charge in [0.25, 0.3) is 0 Å². The number of hydrogen-bond donors (Lipinski definition) is 1. The summed E-state index contributed by atoms with van der Waals surface area (Å²) in [6.45, 7) is 8.25. The lowest BCUT2D eigenvalue weighted by molar-refractivity contribution is -0.153. The normalized spacial score (nSPS) is 37.0. The Bertz CT molecular complexity index is 568. The average Bonchev–Trinajstić information content (AvgIpc) is 2.46. The highest BCUT2D eigenvalue weighted by molar-refractivity contribution is 5.73. The van der Waals surface area contributed by atoms with E-state index in [-0.39, 0.29) is 23.7 Å². The van der Waals surface area contributed by atoms with Crippen LogP contribution in [0.1, 0.15) is 63.7 Å². The lowest BCUT2D eigenvalue weighted by Crippen LogP contribution is -2.60. The van der Waals surface area contributed by atoms with E-state index in [4.69, 9.17) is 4.74 Å².